The van der Waals surface area contributed by atoms with Crippen LogP contribution >= 0.6 is 0 Å². The zero-order chi connectivity index (χ0) is 22.6. The van der Waals surface area contributed by atoms with Gasteiger partial charge in [0.05, 0.1) is 13.0 Å². The van der Waals surface area contributed by atoms with Crippen LogP contribution in [0.5, 0.6) is 5.75 Å². The Morgan fingerprint density at radius 1 is 1.13 bits per heavy atom. The van der Waals surface area contributed by atoms with Crippen molar-refractivity contribution in [2.24, 2.45) is 0 Å². The van der Waals surface area contributed by atoms with Crippen LogP contribution in [0.15, 0.2) is 24.3 Å². The molecule has 2 rings (SSSR count). The molecule has 0 atom stereocenters. The van der Waals surface area contributed by atoms with Crippen LogP contribution in [0.2, 0.25) is 0 Å². The number of hydrogen-bond donors (Lipinski definition) is 0. The van der Waals surface area contributed by atoms with Gasteiger partial charge in [-0.2, -0.15) is 8.78 Å². The van der Waals surface area contributed by atoms with E-state index in [0.29, 0.717) is 26.7 Å². The summed E-state index contributed by atoms with van der Waals surface area (Å²) in [7, 11) is 1.35. The van der Waals surface area contributed by atoms with Gasteiger partial charge in [-0.25, -0.2) is 14.2 Å². The van der Waals surface area contributed by atoms with E-state index in [0.717, 1.165) is 17.9 Å². The number of halogens is 3. The highest BCUT2D eigenvalue weighted by Crippen LogP contribution is 2.37. The highest BCUT2D eigenvalue weighted by Gasteiger charge is 2.51. The van der Waals surface area contributed by atoms with Crippen molar-refractivity contribution in [1.29, 1.82) is 0 Å². The molecule has 0 bridgehead atoms. The third-order valence-corrected chi connectivity index (χ3v) is 4.97. The average molecular weight is 431 g/mol. The fourth-order valence-corrected chi connectivity index (χ4v) is 3.14. The van der Waals surface area contributed by atoms with Gasteiger partial charge in [0.2, 0.25) is 11.6 Å². The van der Waals surface area contributed by atoms with Gasteiger partial charge in [-0.15, -0.1) is 0 Å². The number of carbonyl (C=O) groups is 2. The molecule has 0 unspecified atom stereocenters. The fraction of sp³-hybridized carbons (Fsp3) is 0.619. The maximum absolute atomic E-state index is 14.0. The lowest BCUT2D eigenvalue weighted by Crippen LogP contribution is -2.47. The molecule has 1 aromatic rings. The van der Waals surface area contributed by atoms with Crippen molar-refractivity contribution in [3.05, 3.63) is 29.8 Å². The molecule has 0 saturated heterocycles. The van der Waals surface area contributed by atoms with E-state index in [9.17, 15) is 22.8 Å². The molecule has 1 aromatic carbocycles. The monoisotopic (exact) mass is 431 g/mol. The van der Waals surface area contributed by atoms with Crippen molar-refractivity contribution in [2.75, 3.05) is 13.7 Å². The first-order chi connectivity index (χ1) is 13.9. The lowest BCUT2D eigenvalue weighted by atomic mass is 10.0. The van der Waals surface area contributed by atoms with E-state index in [1.54, 1.807) is 13.0 Å². The molecule has 0 N–H and O–H groups in total. The predicted octanol–water partition coefficient (Wildman–Crippen LogP) is 4.21. The highest BCUT2D eigenvalue weighted by atomic mass is 19.3. The van der Waals surface area contributed by atoms with Crippen LogP contribution in [-0.2, 0) is 25.6 Å². The molecule has 0 spiro atoms. The number of hydrogen-bond acceptors (Lipinski definition) is 5. The van der Waals surface area contributed by atoms with Crippen molar-refractivity contribution in [3.63, 3.8) is 0 Å². The van der Waals surface area contributed by atoms with Crippen LogP contribution < -0.4 is 4.74 Å². The summed E-state index contributed by atoms with van der Waals surface area (Å²) < 4.78 is 51.5. The summed E-state index contributed by atoms with van der Waals surface area (Å²) in [5.41, 5.74) is -4.02. The maximum Gasteiger partial charge on any atom is 0.432 e. The normalized spacial score (nSPS) is 16.2. The van der Waals surface area contributed by atoms with Gasteiger partial charge in [0.1, 0.15) is 5.75 Å². The molecule has 0 heterocycles. The summed E-state index contributed by atoms with van der Waals surface area (Å²) in [6.45, 7) is 3.28. The molecule has 1 aliphatic rings. The van der Waals surface area contributed by atoms with Crippen molar-refractivity contribution in [3.8, 4) is 5.75 Å². The quantitative estimate of drug-likeness (QED) is 0.433. The largest absolute Gasteiger partial charge is 0.464 e. The molecule has 1 saturated carbocycles. The second kappa shape index (κ2) is 9.24. The number of carbonyl (C=O) groups excluding carboxylic acids is 2. The van der Waals surface area contributed by atoms with E-state index in [2.05, 4.69) is 4.74 Å². The molecule has 1 aliphatic carbocycles. The second-order valence-electron chi connectivity index (χ2n) is 7.78. The maximum atomic E-state index is 14.0. The minimum Gasteiger partial charge on any atom is -0.464 e. The fourth-order valence-electron chi connectivity index (χ4n) is 3.14. The molecule has 1 fully saturated rings. The van der Waals surface area contributed by atoms with E-state index in [4.69, 9.17) is 9.57 Å². The second-order valence-corrected chi connectivity index (χ2v) is 7.78. The summed E-state index contributed by atoms with van der Waals surface area (Å²) >= 11 is 0. The average Bonchev–Trinajstić information content (AvgIpc) is 3.12. The first-order valence-corrected chi connectivity index (χ1v) is 9.88. The summed E-state index contributed by atoms with van der Waals surface area (Å²) in [6.07, 6.45) is -2.08. The third-order valence-electron chi connectivity index (χ3n) is 4.97. The Morgan fingerprint density at radius 3 is 2.30 bits per heavy atom. The van der Waals surface area contributed by atoms with E-state index in [-0.39, 0.29) is 24.3 Å². The highest BCUT2D eigenvalue weighted by molar-refractivity contribution is 5.81. The Bertz CT molecular complexity index is 757. The number of para-hydroxylation sites is 1. The summed E-state index contributed by atoms with van der Waals surface area (Å²) in [5.74, 6) is -1.42. The lowest BCUT2D eigenvalue weighted by Gasteiger charge is -2.31. The van der Waals surface area contributed by atoms with Crippen LogP contribution in [0.1, 0.15) is 52.0 Å². The number of rotatable bonds is 9. The zero-order valence-corrected chi connectivity index (χ0v) is 17.7. The molecular weight excluding hydrogens is 403 g/mol. The van der Waals surface area contributed by atoms with E-state index in [1.165, 1.54) is 25.2 Å². The molecule has 1 amide bonds. The number of alkyl halides is 3. The molecule has 30 heavy (non-hydrogen) atoms. The molecule has 9 heteroatoms. The van der Waals surface area contributed by atoms with Gasteiger partial charge in [-0.05, 0) is 52.5 Å². The Hall–Kier alpha value is -2.29. The van der Waals surface area contributed by atoms with Crippen LogP contribution in [0.3, 0.4) is 0 Å². The number of likely N-dealkylation sites (N-methyl/N-ethyl adjacent to an activating group) is 1. The number of benzene rings is 1. The Kier molecular flexibility index (Phi) is 7.39. The van der Waals surface area contributed by atoms with Crippen LogP contribution in [0.4, 0.5) is 13.2 Å². The lowest BCUT2D eigenvalue weighted by molar-refractivity contribution is -0.252. The molecular formula is C21H28F3NO5. The topological polar surface area (TPSA) is 65.1 Å². The molecule has 0 aliphatic heterocycles. The standard InChI is InChI=1S/C21H28F3NO5/c1-5-28-18(27)20(12-8-9-13-20)30-25(4)17(26)14-15-10-6-7-11-16(15)29-21(23,24)19(2,3)22/h6-7,10-11H,5,8-9,12-14H2,1-4H3. The van der Waals surface area contributed by atoms with Gasteiger partial charge < -0.3 is 9.47 Å². The molecule has 0 aromatic heterocycles. The number of hydroxylamine groups is 2. The van der Waals surface area contributed by atoms with E-state index >= 15 is 0 Å². The predicted molar refractivity (Wildman–Crippen MR) is 103 cm³/mol. The van der Waals surface area contributed by atoms with Crippen molar-refractivity contribution in [1.82, 2.24) is 5.06 Å². The summed E-state index contributed by atoms with van der Waals surface area (Å²) in [4.78, 5) is 30.7. The number of amides is 1. The first-order valence-electron chi connectivity index (χ1n) is 9.88. The third kappa shape index (κ3) is 5.44. The van der Waals surface area contributed by atoms with E-state index in [1.807, 2.05) is 0 Å². The van der Waals surface area contributed by atoms with Crippen molar-refractivity contribution >= 4 is 11.9 Å². The van der Waals surface area contributed by atoms with Gasteiger partial charge in [0.15, 0.2) is 5.60 Å². The van der Waals surface area contributed by atoms with E-state index < -0.39 is 29.3 Å². The van der Waals surface area contributed by atoms with Crippen LogP contribution in [0.25, 0.3) is 0 Å². The van der Waals surface area contributed by atoms with Crippen LogP contribution in [0, 0.1) is 0 Å². The Labute approximate surface area is 174 Å². The Morgan fingerprint density at radius 2 is 1.73 bits per heavy atom. The van der Waals surface area contributed by atoms with Gasteiger partial charge in [-0.1, -0.05) is 18.2 Å². The van der Waals surface area contributed by atoms with Gasteiger partial charge in [-0.3, -0.25) is 9.63 Å². The minimum absolute atomic E-state index is 0.137. The summed E-state index contributed by atoms with van der Waals surface area (Å²) in [6, 6.07) is 5.66. The zero-order valence-electron chi connectivity index (χ0n) is 17.7. The smallest absolute Gasteiger partial charge is 0.432 e. The van der Waals surface area contributed by atoms with Gasteiger partial charge in [0, 0.05) is 12.6 Å². The van der Waals surface area contributed by atoms with Crippen molar-refractivity contribution in [2.45, 2.75) is 70.3 Å². The number of nitrogens with zero attached hydrogens (tertiary/aromatic N) is 1. The Balaban J connectivity index is 2.13. The van der Waals surface area contributed by atoms with Crippen molar-refractivity contribution < 1.29 is 37.1 Å². The number of ether oxygens (including phenoxy) is 2. The molecule has 0 radical (unpaired) electrons. The first kappa shape index (κ1) is 24.0. The molecule has 6 nitrogen and oxygen atoms in total. The van der Waals surface area contributed by atoms with Gasteiger partial charge in [0.25, 0.3) is 0 Å². The number of esters is 1. The summed E-state index contributed by atoms with van der Waals surface area (Å²) in [5, 5.41) is 0.927. The SMILES string of the molecule is CCOC(=O)C1(ON(C)C(=O)Cc2ccccc2OC(F)(F)C(C)(C)F)CCCC1. The van der Waals surface area contributed by atoms with Gasteiger partial charge >= 0.3 is 12.1 Å². The van der Waals surface area contributed by atoms with Crippen LogP contribution in [-0.4, -0.2) is 48.0 Å². The molecule has 168 valence electrons. The minimum atomic E-state index is -4.09.